The summed E-state index contributed by atoms with van der Waals surface area (Å²) in [6.07, 6.45) is 0. The summed E-state index contributed by atoms with van der Waals surface area (Å²) in [5.41, 5.74) is 1.10. The van der Waals surface area contributed by atoms with Crippen LogP contribution >= 0.6 is 12.4 Å². The third-order valence-corrected chi connectivity index (χ3v) is 3.51. The smallest absolute Gasteiger partial charge is 0.210 e. The lowest BCUT2D eigenvalue weighted by Gasteiger charge is -2.46. The molecule has 0 N–H and O–H groups in total. The van der Waals surface area contributed by atoms with Crippen LogP contribution in [0.15, 0.2) is 30.3 Å². The predicted molar refractivity (Wildman–Crippen MR) is 75.0 cm³/mol. The highest BCUT2D eigenvalue weighted by Gasteiger charge is 2.44. The number of ether oxygens (including phenoxy) is 2. The molecule has 2 atom stereocenters. The van der Waals surface area contributed by atoms with Crippen molar-refractivity contribution < 1.29 is 9.47 Å². The largest absolute Gasteiger partial charge is 0.345 e. The molecule has 1 heterocycles. The fourth-order valence-corrected chi connectivity index (χ4v) is 2.40. The molecule has 0 spiro atoms. The molecule has 2 unspecified atom stereocenters. The van der Waals surface area contributed by atoms with Gasteiger partial charge in [-0.1, -0.05) is 30.3 Å². The minimum absolute atomic E-state index is 0. The van der Waals surface area contributed by atoms with Crippen LogP contribution in [0.3, 0.4) is 0 Å². The van der Waals surface area contributed by atoms with E-state index >= 15 is 0 Å². The van der Waals surface area contributed by atoms with Gasteiger partial charge in [0, 0.05) is 18.7 Å². The summed E-state index contributed by atoms with van der Waals surface area (Å²) in [4.78, 5) is 2.28. The van der Waals surface area contributed by atoms with Gasteiger partial charge in [0.05, 0.1) is 12.6 Å². The molecule has 0 bridgehead atoms. The summed E-state index contributed by atoms with van der Waals surface area (Å²) in [5, 5.41) is 0. The summed E-state index contributed by atoms with van der Waals surface area (Å²) < 4.78 is 12.0. The van der Waals surface area contributed by atoms with Crippen LogP contribution in [0.4, 0.5) is 0 Å². The number of halogens is 1. The molecular weight excluding hydrogens is 250 g/mol. The van der Waals surface area contributed by atoms with Crippen LogP contribution < -0.4 is 0 Å². The quantitative estimate of drug-likeness (QED) is 0.844. The van der Waals surface area contributed by atoms with E-state index in [1.165, 1.54) is 0 Å². The molecule has 1 aliphatic rings. The predicted octanol–water partition coefficient (Wildman–Crippen LogP) is 2.65. The Kier molecular flexibility index (Phi) is 5.60. The Morgan fingerprint density at radius 3 is 2.67 bits per heavy atom. The van der Waals surface area contributed by atoms with Crippen molar-refractivity contribution in [2.45, 2.75) is 25.7 Å². The Morgan fingerprint density at radius 2 is 2.06 bits per heavy atom. The molecule has 18 heavy (non-hydrogen) atoms. The normalized spacial score (nSPS) is 28.7. The van der Waals surface area contributed by atoms with E-state index in [2.05, 4.69) is 31.0 Å². The first-order valence-corrected chi connectivity index (χ1v) is 6.24. The zero-order chi connectivity index (χ0) is 12.3. The van der Waals surface area contributed by atoms with Gasteiger partial charge in [-0.05, 0) is 20.9 Å². The number of hydrogen-bond donors (Lipinski definition) is 0. The molecule has 1 fully saturated rings. The van der Waals surface area contributed by atoms with E-state index in [-0.39, 0.29) is 18.4 Å². The van der Waals surface area contributed by atoms with E-state index in [9.17, 15) is 0 Å². The van der Waals surface area contributed by atoms with Crippen LogP contribution in [-0.2, 0) is 15.3 Å². The second kappa shape index (κ2) is 6.53. The summed E-state index contributed by atoms with van der Waals surface area (Å²) in [5.74, 6) is -0.622. The first kappa shape index (κ1) is 15.4. The maximum atomic E-state index is 6.01. The molecule has 102 valence electrons. The van der Waals surface area contributed by atoms with Crippen LogP contribution in [0.1, 0.15) is 19.4 Å². The minimum Gasteiger partial charge on any atom is -0.345 e. The van der Waals surface area contributed by atoms with Crippen molar-refractivity contribution in [1.29, 1.82) is 0 Å². The van der Waals surface area contributed by atoms with Gasteiger partial charge in [0.2, 0.25) is 5.79 Å². The molecule has 4 heteroatoms. The van der Waals surface area contributed by atoms with Gasteiger partial charge in [-0.2, -0.15) is 0 Å². The summed E-state index contributed by atoms with van der Waals surface area (Å²) in [6.45, 7) is 6.46. The van der Waals surface area contributed by atoms with Gasteiger partial charge in [-0.15, -0.1) is 12.4 Å². The van der Waals surface area contributed by atoms with E-state index in [1.807, 2.05) is 25.1 Å². The van der Waals surface area contributed by atoms with Gasteiger partial charge in [0.1, 0.15) is 0 Å². The van der Waals surface area contributed by atoms with E-state index in [1.54, 1.807) is 0 Å². The van der Waals surface area contributed by atoms with E-state index in [0.29, 0.717) is 13.2 Å². The Labute approximate surface area is 115 Å². The van der Waals surface area contributed by atoms with Crippen LogP contribution in [0, 0.1) is 0 Å². The molecular formula is C14H22ClNO2. The van der Waals surface area contributed by atoms with Crippen LogP contribution in [-0.4, -0.2) is 37.7 Å². The third kappa shape index (κ3) is 2.69. The fourth-order valence-electron chi connectivity index (χ4n) is 2.40. The first-order valence-electron chi connectivity index (χ1n) is 6.24. The van der Waals surface area contributed by atoms with Crippen LogP contribution in [0.25, 0.3) is 0 Å². The molecule has 0 saturated carbocycles. The van der Waals surface area contributed by atoms with Crippen molar-refractivity contribution in [3.05, 3.63) is 35.9 Å². The zero-order valence-electron chi connectivity index (χ0n) is 11.3. The lowest BCUT2D eigenvalue weighted by Crippen LogP contribution is -2.56. The highest BCUT2D eigenvalue weighted by atomic mass is 35.5. The molecule has 0 aromatic heterocycles. The standard InChI is InChI=1S/C14H21NO2.ClH/c1-4-16-14(13-8-6-5-7-9-13)12(2)15(3)10-11-17-14;/h5-9,12H,4,10-11H2,1-3H3;1H. The first-order chi connectivity index (χ1) is 8.20. The SMILES string of the molecule is CCOC1(c2ccccc2)OCCN(C)C1C.Cl. The summed E-state index contributed by atoms with van der Waals surface area (Å²) in [7, 11) is 2.11. The molecule has 2 rings (SSSR count). The fraction of sp³-hybridized carbons (Fsp3) is 0.571. The molecule has 1 aliphatic heterocycles. The van der Waals surface area contributed by atoms with E-state index < -0.39 is 5.79 Å². The monoisotopic (exact) mass is 271 g/mol. The second-order valence-corrected chi connectivity index (χ2v) is 4.47. The van der Waals surface area contributed by atoms with Gasteiger partial charge in [-0.25, -0.2) is 0 Å². The molecule has 0 amide bonds. The van der Waals surface area contributed by atoms with Crippen molar-refractivity contribution in [2.75, 3.05) is 26.8 Å². The minimum atomic E-state index is -0.622. The maximum Gasteiger partial charge on any atom is 0.210 e. The number of likely N-dealkylation sites (N-methyl/N-ethyl adjacent to an activating group) is 1. The lowest BCUT2D eigenvalue weighted by molar-refractivity contribution is -0.296. The van der Waals surface area contributed by atoms with E-state index in [0.717, 1.165) is 12.1 Å². The van der Waals surface area contributed by atoms with Crippen molar-refractivity contribution in [3.8, 4) is 0 Å². The number of morpholine rings is 1. The Bertz CT molecular complexity index is 356. The number of benzene rings is 1. The molecule has 0 radical (unpaired) electrons. The molecule has 1 saturated heterocycles. The summed E-state index contributed by atoms with van der Waals surface area (Å²) in [6, 6.07) is 10.4. The van der Waals surface area contributed by atoms with Gasteiger partial charge >= 0.3 is 0 Å². The molecule has 0 aliphatic carbocycles. The molecule has 3 nitrogen and oxygen atoms in total. The van der Waals surface area contributed by atoms with Gasteiger partial charge in [-0.3, -0.25) is 4.90 Å². The average Bonchev–Trinajstić information content (AvgIpc) is 2.36. The van der Waals surface area contributed by atoms with Crippen molar-refractivity contribution in [1.82, 2.24) is 4.90 Å². The van der Waals surface area contributed by atoms with Crippen molar-refractivity contribution >= 4 is 12.4 Å². The average molecular weight is 272 g/mol. The summed E-state index contributed by atoms with van der Waals surface area (Å²) >= 11 is 0. The van der Waals surface area contributed by atoms with Crippen LogP contribution in [0.5, 0.6) is 0 Å². The third-order valence-electron chi connectivity index (χ3n) is 3.51. The van der Waals surface area contributed by atoms with Gasteiger partial charge < -0.3 is 9.47 Å². The molecule has 1 aromatic carbocycles. The van der Waals surface area contributed by atoms with Gasteiger partial charge in [0.15, 0.2) is 0 Å². The topological polar surface area (TPSA) is 21.7 Å². The number of rotatable bonds is 3. The number of nitrogens with zero attached hydrogens (tertiary/aromatic N) is 1. The van der Waals surface area contributed by atoms with Gasteiger partial charge in [0.25, 0.3) is 0 Å². The Balaban J connectivity index is 0.00000162. The molecule has 1 aromatic rings. The van der Waals surface area contributed by atoms with E-state index in [4.69, 9.17) is 9.47 Å². The number of hydrogen-bond acceptors (Lipinski definition) is 3. The zero-order valence-corrected chi connectivity index (χ0v) is 12.1. The highest BCUT2D eigenvalue weighted by Crippen LogP contribution is 2.35. The highest BCUT2D eigenvalue weighted by molar-refractivity contribution is 5.85. The van der Waals surface area contributed by atoms with Crippen molar-refractivity contribution in [3.63, 3.8) is 0 Å². The second-order valence-electron chi connectivity index (χ2n) is 4.47. The maximum absolute atomic E-state index is 6.01. The Hall–Kier alpha value is -0.610. The lowest BCUT2D eigenvalue weighted by atomic mass is 9.96. The Morgan fingerprint density at radius 1 is 1.39 bits per heavy atom. The van der Waals surface area contributed by atoms with Crippen LogP contribution in [0.2, 0.25) is 0 Å². The van der Waals surface area contributed by atoms with Crippen molar-refractivity contribution in [2.24, 2.45) is 0 Å².